The fourth-order valence-electron chi connectivity index (χ4n) is 3.97. The van der Waals surface area contributed by atoms with Crippen LogP contribution in [0.25, 0.3) is 10.8 Å². The van der Waals surface area contributed by atoms with Gasteiger partial charge < -0.3 is 15.5 Å². The minimum atomic E-state index is -4.91. The molecular weight excluding hydrogens is 624 g/mol. The first-order valence-electron chi connectivity index (χ1n) is 12.7. The predicted octanol–water partition coefficient (Wildman–Crippen LogP) is 5.70. The maximum atomic E-state index is 13.2. The lowest BCUT2D eigenvalue weighted by molar-refractivity contribution is -0.265. The molecule has 0 amide bonds. The maximum Gasteiger partial charge on any atom is 0.296 e. The van der Waals surface area contributed by atoms with Crippen LogP contribution in [-0.4, -0.2) is 32.0 Å². The molecule has 0 saturated carbocycles. The van der Waals surface area contributed by atoms with Crippen LogP contribution in [-0.2, 0) is 20.2 Å². The molecule has 0 atom stereocenters. The van der Waals surface area contributed by atoms with Crippen LogP contribution in [0.5, 0.6) is 5.75 Å². The Morgan fingerprint density at radius 2 is 1.20 bits per heavy atom. The zero-order valence-corrected chi connectivity index (χ0v) is 24.3. The molecule has 0 aliphatic rings. The Kier molecular flexibility index (Phi) is 8.64. The highest BCUT2D eigenvalue weighted by atomic mass is 32.2. The first-order chi connectivity index (χ1) is 21.4. The van der Waals surface area contributed by atoms with Crippen molar-refractivity contribution >= 4 is 71.2 Å². The highest BCUT2D eigenvalue weighted by Gasteiger charge is 2.19. The van der Waals surface area contributed by atoms with Gasteiger partial charge in [-0.2, -0.15) is 32.2 Å². The molecule has 228 valence electrons. The van der Waals surface area contributed by atoms with E-state index in [0.717, 1.165) is 6.07 Å². The van der Waals surface area contributed by atoms with Crippen LogP contribution in [0, 0.1) is 0 Å². The summed E-state index contributed by atoms with van der Waals surface area (Å²) in [6.45, 7) is 0. The van der Waals surface area contributed by atoms with E-state index in [2.05, 4.69) is 30.8 Å². The SMILES string of the molecule is O=S(=O)(O)c1ccc(N=Nc2ccc(N=Nc3c(S(=O)(=O)O)cc4cc(NC([O-])=Nc5ccccc5)ccc4c3[O-])cc2)cc1. The van der Waals surface area contributed by atoms with Gasteiger partial charge in [-0.15, -0.1) is 5.11 Å². The van der Waals surface area contributed by atoms with Gasteiger partial charge in [0, 0.05) is 5.69 Å². The number of rotatable bonds is 8. The smallest absolute Gasteiger partial charge is 0.296 e. The van der Waals surface area contributed by atoms with Crippen LogP contribution < -0.4 is 15.5 Å². The zero-order valence-electron chi connectivity index (χ0n) is 22.7. The Balaban J connectivity index is 1.38. The van der Waals surface area contributed by atoms with Crippen molar-refractivity contribution in [2.24, 2.45) is 25.4 Å². The third-order valence-electron chi connectivity index (χ3n) is 6.08. The van der Waals surface area contributed by atoms with Gasteiger partial charge in [0.1, 0.15) is 4.90 Å². The fourth-order valence-corrected chi connectivity index (χ4v) is 5.11. The van der Waals surface area contributed by atoms with Gasteiger partial charge in [-0.1, -0.05) is 30.0 Å². The number of aliphatic imine (C=N–C) groups is 1. The second kappa shape index (κ2) is 12.6. The monoisotopic (exact) mass is 644 g/mol. The summed E-state index contributed by atoms with van der Waals surface area (Å²) >= 11 is 0. The molecule has 0 aliphatic carbocycles. The molecule has 5 aromatic carbocycles. The van der Waals surface area contributed by atoms with Gasteiger partial charge >= 0.3 is 0 Å². The molecule has 0 radical (unpaired) electrons. The van der Waals surface area contributed by atoms with E-state index in [1.165, 1.54) is 66.7 Å². The topological polar surface area (TPSA) is 229 Å². The summed E-state index contributed by atoms with van der Waals surface area (Å²) in [7, 11) is -9.25. The molecule has 16 heteroatoms. The molecule has 0 bridgehead atoms. The molecule has 45 heavy (non-hydrogen) atoms. The second-order valence-corrected chi connectivity index (χ2v) is 12.0. The first-order valence-corrected chi connectivity index (χ1v) is 15.6. The number of benzene rings is 5. The van der Waals surface area contributed by atoms with E-state index in [1.807, 2.05) is 0 Å². The van der Waals surface area contributed by atoms with Crippen LogP contribution in [0.15, 0.2) is 138 Å². The minimum Gasteiger partial charge on any atom is -0.871 e. The second-order valence-electron chi connectivity index (χ2n) is 9.23. The summed E-state index contributed by atoms with van der Waals surface area (Å²) in [4.78, 5) is 2.85. The van der Waals surface area contributed by atoms with Gasteiger partial charge in [-0.3, -0.25) is 9.11 Å². The van der Waals surface area contributed by atoms with Gasteiger partial charge in [0.25, 0.3) is 20.2 Å². The average Bonchev–Trinajstić information content (AvgIpc) is 2.99. The van der Waals surface area contributed by atoms with E-state index < -0.39 is 42.6 Å². The number of nitrogens with zero attached hydrogens (tertiary/aromatic N) is 5. The number of hydrogen-bond acceptors (Lipinski definition) is 11. The molecule has 3 N–H and O–H groups in total. The number of nitrogens with one attached hydrogen (secondary N) is 1. The van der Waals surface area contributed by atoms with Gasteiger partial charge in [0.15, 0.2) is 0 Å². The summed E-state index contributed by atoms with van der Waals surface area (Å²) in [6.07, 6.45) is 0. The number of anilines is 1. The summed E-state index contributed by atoms with van der Waals surface area (Å²) in [5, 5.41) is 44.0. The number of fused-ring (bicyclic) bond motifs is 1. The summed E-state index contributed by atoms with van der Waals surface area (Å²) in [5.74, 6) is -0.818. The van der Waals surface area contributed by atoms with Gasteiger partial charge in [-0.25, -0.2) is 4.99 Å². The van der Waals surface area contributed by atoms with Crippen LogP contribution >= 0.6 is 0 Å². The standard InChI is InChI=1S/C29H22N6O8S2/c36-28-25-15-12-23(31-29(37)30-19-4-2-1-3-5-19)16-18(25)17-26(45(41,42)43)27(28)35-34-21-8-6-20(7-9-21)32-33-22-10-13-24(14-11-22)44(38,39)40/h1-17,36H,(H2,30,31,37)(H,38,39,40)(H,41,42,43)/p-2. The van der Waals surface area contributed by atoms with E-state index in [0.29, 0.717) is 17.1 Å². The molecule has 5 aromatic rings. The van der Waals surface area contributed by atoms with E-state index >= 15 is 0 Å². The van der Waals surface area contributed by atoms with Crippen LogP contribution in [0.1, 0.15) is 0 Å². The minimum absolute atomic E-state index is 0.0646. The van der Waals surface area contributed by atoms with Crippen molar-refractivity contribution in [3.8, 4) is 5.75 Å². The number of azo groups is 2. The third kappa shape index (κ3) is 7.70. The van der Waals surface area contributed by atoms with Crippen molar-refractivity contribution in [1.82, 2.24) is 0 Å². The Bertz CT molecular complexity index is 2190. The van der Waals surface area contributed by atoms with E-state index in [-0.39, 0.29) is 27.0 Å². The number of amidine groups is 1. The number of para-hydroxylation sites is 1. The van der Waals surface area contributed by atoms with Crippen molar-refractivity contribution < 1.29 is 36.2 Å². The molecule has 0 spiro atoms. The largest absolute Gasteiger partial charge is 0.871 e. The summed E-state index contributed by atoms with van der Waals surface area (Å²) < 4.78 is 65.6. The first kappa shape index (κ1) is 30.9. The molecule has 0 saturated heterocycles. The quantitative estimate of drug-likeness (QED) is 0.0813. The Morgan fingerprint density at radius 1 is 0.644 bits per heavy atom. The van der Waals surface area contributed by atoms with E-state index in [4.69, 9.17) is 4.55 Å². The Labute approximate surface area is 256 Å². The van der Waals surface area contributed by atoms with Gasteiger partial charge in [0.05, 0.1) is 39.4 Å². The zero-order chi connectivity index (χ0) is 32.2. The highest BCUT2D eigenvalue weighted by Crippen LogP contribution is 2.40. The van der Waals surface area contributed by atoms with Crippen LogP contribution in [0.2, 0.25) is 0 Å². The van der Waals surface area contributed by atoms with Crippen LogP contribution in [0.4, 0.5) is 34.1 Å². The Hall–Kier alpha value is -5.55. The molecule has 5 rings (SSSR count). The third-order valence-corrected chi connectivity index (χ3v) is 7.81. The van der Waals surface area contributed by atoms with Crippen molar-refractivity contribution in [3.05, 3.63) is 103 Å². The molecule has 0 unspecified atom stereocenters. The van der Waals surface area contributed by atoms with Gasteiger partial charge in [-0.05, 0) is 89.6 Å². The number of hydrogen-bond donors (Lipinski definition) is 3. The lowest BCUT2D eigenvalue weighted by atomic mass is 10.1. The van der Waals surface area contributed by atoms with E-state index in [1.54, 1.807) is 30.3 Å². The lowest BCUT2D eigenvalue weighted by Gasteiger charge is -2.18. The molecule has 0 heterocycles. The summed E-state index contributed by atoms with van der Waals surface area (Å²) in [6, 6.07) is 24.0. The fraction of sp³-hybridized carbons (Fsp3) is 0. The molecular formula is C29H20N6O8S2-2. The molecule has 0 aromatic heterocycles. The van der Waals surface area contributed by atoms with Crippen molar-refractivity contribution in [2.45, 2.75) is 9.79 Å². The molecule has 0 fully saturated rings. The predicted molar refractivity (Wildman–Crippen MR) is 161 cm³/mol. The molecule has 14 nitrogen and oxygen atoms in total. The van der Waals surface area contributed by atoms with Crippen molar-refractivity contribution in [2.75, 3.05) is 5.32 Å². The van der Waals surface area contributed by atoms with Crippen molar-refractivity contribution in [1.29, 1.82) is 0 Å². The normalized spacial score (nSPS) is 12.7. The van der Waals surface area contributed by atoms with Crippen LogP contribution in [0.3, 0.4) is 0 Å². The van der Waals surface area contributed by atoms with E-state index in [9.17, 15) is 31.6 Å². The van der Waals surface area contributed by atoms with Gasteiger partial charge in [0.2, 0.25) is 0 Å². The molecule has 0 aliphatic heterocycles. The highest BCUT2D eigenvalue weighted by molar-refractivity contribution is 7.86. The Morgan fingerprint density at radius 3 is 1.76 bits per heavy atom. The average molecular weight is 645 g/mol. The summed E-state index contributed by atoms with van der Waals surface area (Å²) in [5.41, 5.74) is 0.952. The lowest BCUT2D eigenvalue weighted by Crippen LogP contribution is -2.26. The maximum absolute atomic E-state index is 13.2. The van der Waals surface area contributed by atoms with Crippen molar-refractivity contribution in [3.63, 3.8) is 0 Å².